The second-order valence-corrected chi connectivity index (χ2v) is 8.12. The maximum absolute atomic E-state index is 13.4. The molecule has 3 aromatic heterocycles. The monoisotopic (exact) mass is 499 g/mol. The summed E-state index contributed by atoms with van der Waals surface area (Å²) in [6.45, 7) is 1.31. The number of nitrogens with zero attached hydrogens (tertiary/aromatic N) is 6. The minimum atomic E-state index is -4.72. The van der Waals surface area contributed by atoms with Crippen LogP contribution in [0.3, 0.4) is 0 Å². The lowest BCUT2D eigenvalue weighted by Gasteiger charge is -2.38. The van der Waals surface area contributed by atoms with E-state index in [2.05, 4.69) is 25.4 Å². The number of aryl methyl sites for hydroxylation is 1. The molecule has 1 N–H and O–H groups in total. The van der Waals surface area contributed by atoms with Gasteiger partial charge in [0.15, 0.2) is 5.82 Å². The van der Waals surface area contributed by atoms with Gasteiger partial charge in [0.25, 0.3) is 5.91 Å². The van der Waals surface area contributed by atoms with Crippen LogP contribution in [0.4, 0.5) is 29.2 Å². The molecule has 2 aliphatic rings. The maximum atomic E-state index is 13.4. The van der Waals surface area contributed by atoms with Crippen LogP contribution in [0.2, 0.25) is 0 Å². The zero-order chi connectivity index (χ0) is 25.6. The average molecular weight is 499 g/mol. The van der Waals surface area contributed by atoms with Gasteiger partial charge in [-0.2, -0.15) is 18.3 Å². The number of amides is 2. The highest BCUT2D eigenvalue weighted by atomic mass is 19.4. The van der Waals surface area contributed by atoms with E-state index < -0.39 is 42.2 Å². The molecule has 5 rings (SSSR count). The van der Waals surface area contributed by atoms with Crippen molar-refractivity contribution in [2.75, 3.05) is 16.9 Å². The number of nitrogens with one attached hydrogen (secondary N) is 1. The van der Waals surface area contributed by atoms with Gasteiger partial charge in [-0.1, -0.05) is 0 Å². The van der Waals surface area contributed by atoms with Crippen LogP contribution in [0.15, 0.2) is 53.9 Å². The van der Waals surface area contributed by atoms with Crippen molar-refractivity contribution >= 4 is 29.2 Å². The third kappa shape index (κ3) is 4.23. The third-order valence-corrected chi connectivity index (χ3v) is 5.75. The second-order valence-electron chi connectivity index (χ2n) is 8.12. The number of hydrogen-bond donors (Lipinski definition) is 1. The van der Waals surface area contributed by atoms with Crippen molar-refractivity contribution in [1.29, 1.82) is 0 Å². The van der Waals surface area contributed by atoms with Crippen molar-refractivity contribution in [2.45, 2.75) is 25.7 Å². The van der Waals surface area contributed by atoms with Gasteiger partial charge < -0.3 is 10.2 Å². The molecule has 13 heteroatoms. The molecule has 0 aliphatic carbocycles. The van der Waals surface area contributed by atoms with Gasteiger partial charge in [0.05, 0.1) is 17.5 Å². The quantitative estimate of drug-likeness (QED) is 0.552. The molecular weight excluding hydrogens is 482 g/mol. The van der Waals surface area contributed by atoms with Crippen LogP contribution >= 0.6 is 0 Å². The SMILES string of the molecule is Cc1ncccc1C1=NN2c3nc(C(F)(F)F)ccc3C(=O)N(CC(=O)Nc3ccc(F)cn3)C2C1. The highest BCUT2D eigenvalue weighted by Crippen LogP contribution is 2.38. The average Bonchev–Trinajstić information content (AvgIpc) is 3.28. The minimum absolute atomic E-state index is 0.0777. The predicted molar refractivity (Wildman–Crippen MR) is 119 cm³/mol. The van der Waals surface area contributed by atoms with Crippen LogP contribution in [0, 0.1) is 12.7 Å². The number of hydrogen-bond acceptors (Lipinski definition) is 7. The van der Waals surface area contributed by atoms with E-state index in [1.54, 1.807) is 25.3 Å². The van der Waals surface area contributed by atoms with E-state index in [-0.39, 0.29) is 23.6 Å². The Kier molecular flexibility index (Phi) is 5.61. The fourth-order valence-corrected chi connectivity index (χ4v) is 4.08. The van der Waals surface area contributed by atoms with Gasteiger partial charge in [0.2, 0.25) is 5.91 Å². The van der Waals surface area contributed by atoms with Crippen molar-refractivity contribution in [3.8, 4) is 0 Å². The first-order chi connectivity index (χ1) is 17.1. The van der Waals surface area contributed by atoms with Crippen LogP contribution in [0.1, 0.15) is 33.7 Å². The lowest BCUT2D eigenvalue weighted by atomic mass is 10.0. The molecule has 0 saturated carbocycles. The molecular formula is C23H17F4N7O2. The Bertz CT molecular complexity index is 1390. The van der Waals surface area contributed by atoms with Crippen molar-refractivity contribution < 1.29 is 27.2 Å². The topological polar surface area (TPSA) is 104 Å². The summed E-state index contributed by atoms with van der Waals surface area (Å²) in [5.41, 5.74) is 0.498. The fraction of sp³-hybridized carbons (Fsp3) is 0.217. The number of rotatable bonds is 4. The number of halogens is 4. The molecule has 0 spiro atoms. The van der Waals surface area contributed by atoms with Gasteiger partial charge >= 0.3 is 6.18 Å². The molecule has 0 bridgehead atoms. The first kappa shape index (κ1) is 23.3. The van der Waals surface area contributed by atoms with Crippen molar-refractivity contribution in [3.05, 3.63) is 77.1 Å². The van der Waals surface area contributed by atoms with Crippen LogP contribution in [0.25, 0.3) is 0 Å². The van der Waals surface area contributed by atoms with E-state index in [4.69, 9.17) is 0 Å². The number of carbonyl (C=O) groups is 2. The lowest BCUT2D eigenvalue weighted by Crippen LogP contribution is -2.54. The zero-order valence-electron chi connectivity index (χ0n) is 18.6. The number of alkyl halides is 3. The molecule has 3 aromatic rings. The molecule has 5 heterocycles. The van der Waals surface area contributed by atoms with Gasteiger partial charge in [-0.25, -0.2) is 19.4 Å². The highest BCUT2D eigenvalue weighted by molar-refractivity contribution is 6.08. The zero-order valence-corrected chi connectivity index (χ0v) is 18.6. The van der Waals surface area contributed by atoms with E-state index >= 15 is 0 Å². The van der Waals surface area contributed by atoms with E-state index in [1.807, 2.05) is 0 Å². The molecule has 1 atom stereocenters. The van der Waals surface area contributed by atoms with Crippen molar-refractivity contribution in [2.24, 2.45) is 5.10 Å². The number of hydrazone groups is 1. The predicted octanol–water partition coefficient (Wildman–Crippen LogP) is 3.37. The Morgan fingerprint density at radius 1 is 1.14 bits per heavy atom. The number of anilines is 2. The van der Waals surface area contributed by atoms with Gasteiger partial charge in [-0.3, -0.25) is 14.6 Å². The summed E-state index contributed by atoms with van der Waals surface area (Å²) in [6, 6.07) is 7.57. The molecule has 0 fully saturated rings. The van der Waals surface area contributed by atoms with Gasteiger partial charge in [0.1, 0.15) is 30.0 Å². The summed E-state index contributed by atoms with van der Waals surface area (Å²) in [5.74, 6) is -2.05. The number of carbonyl (C=O) groups excluding carboxylic acids is 2. The smallest absolute Gasteiger partial charge is 0.309 e. The third-order valence-electron chi connectivity index (χ3n) is 5.75. The van der Waals surface area contributed by atoms with Crippen LogP contribution in [-0.2, 0) is 11.0 Å². The normalized spacial score (nSPS) is 17.0. The maximum Gasteiger partial charge on any atom is 0.433 e. The largest absolute Gasteiger partial charge is 0.433 e. The first-order valence-electron chi connectivity index (χ1n) is 10.7. The Morgan fingerprint density at radius 3 is 2.64 bits per heavy atom. The van der Waals surface area contributed by atoms with Crippen LogP contribution in [0.5, 0.6) is 0 Å². The molecule has 36 heavy (non-hydrogen) atoms. The highest BCUT2D eigenvalue weighted by Gasteiger charge is 2.45. The lowest BCUT2D eigenvalue weighted by molar-refractivity contribution is -0.141. The summed E-state index contributed by atoms with van der Waals surface area (Å²) in [6.07, 6.45) is -2.98. The van der Waals surface area contributed by atoms with Crippen LogP contribution in [-0.4, -0.2) is 50.1 Å². The molecule has 9 nitrogen and oxygen atoms in total. The number of aromatic nitrogens is 3. The Labute approximate surface area is 201 Å². The van der Waals surface area contributed by atoms with Crippen molar-refractivity contribution in [3.63, 3.8) is 0 Å². The van der Waals surface area contributed by atoms with Gasteiger partial charge in [0, 0.05) is 23.9 Å². The Morgan fingerprint density at radius 2 is 1.94 bits per heavy atom. The second kappa shape index (κ2) is 8.66. The van der Waals surface area contributed by atoms with Crippen LogP contribution < -0.4 is 10.3 Å². The van der Waals surface area contributed by atoms with E-state index in [0.29, 0.717) is 23.0 Å². The first-order valence-corrected chi connectivity index (χ1v) is 10.7. The summed E-state index contributed by atoms with van der Waals surface area (Å²) < 4.78 is 53.2. The minimum Gasteiger partial charge on any atom is -0.309 e. The molecule has 184 valence electrons. The summed E-state index contributed by atoms with van der Waals surface area (Å²) >= 11 is 0. The van der Waals surface area contributed by atoms with Crippen molar-refractivity contribution in [1.82, 2.24) is 19.9 Å². The molecule has 2 aliphatic heterocycles. The molecule has 0 radical (unpaired) electrons. The van der Waals surface area contributed by atoms with E-state index in [9.17, 15) is 27.2 Å². The molecule has 0 aromatic carbocycles. The summed E-state index contributed by atoms with van der Waals surface area (Å²) in [4.78, 5) is 39.0. The molecule has 1 unspecified atom stereocenters. The summed E-state index contributed by atoms with van der Waals surface area (Å²) in [7, 11) is 0. The number of fused-ring (bicyclic) bond motifs is 3. The van der Waals surface area contributed by atoms with E-state index in [0.717, 1.165) is 18.3 Å². The molecule has 2 amide bonds. The standard InChI is InChI=1S/C23H17F4N7O2/c1-12-14(3-2-8-28-12)16-9-20-33(11-19(35)31-18-7-4-13(24)10-29-18)22(36)15-5-6-17(23(25,26)27)30-21(15)34(20)32-16/h2-8,10,20H,9,11H2,1H3,(H,29,31,35). The van der Waals surface area contributed by atoms with Gasteiger partial charge in [-0.05, 0) is 43.3 Å². The Balaban J connectivity index is 1.51. The number of pyridine rings is 3. The van der Waals surface area contributed by atoms with Gasteiger partial charge in [-0.15, -0.1) is 0 Å². The Hall–Kier alpha value is -4.42. The summed E-state index contributed by atoms with van der Waals surface area (Å²) in [5, 5.41) is 8.21. The molecule has 0 saturated heterocycles. The fourth-order valence-electron chi connectivity index (χ4n) is 4.08. The van der Waals surface area contributed by atoms with E-state index in [1.165, 1.54) is 16.0 Å².